The number of nitrogens with one attached hydrogen (secondary N) is 1. The summed E-state index contributed by atoms with van der Waals surface area (Å²) in [5.74, 6) is -0.420. The van der Waals surface area contributed by atoms with Gasteiger partial charge in [0.15, 0.2) is 0 Å². The van der Waals surface area contributed by atoms with Gasteiger partial charge in [0.2, 0.25) is 0 Å². The van der Waals surface area contributed by atoms with Crippen LogP contribution in [0.2, 0.25) is 0 Å². The first-order valence-corrected chi connectivity index (χ1v) is 6.05. The number of rotatable bonds is 8. The molecule has 0 radical (unpaired) electrons. The third-order valence-electron chi connectivity index (χ3n) is 2.46. The maximum atomic E-state index is 10.9. The van der Waals surface area contributed by atoms with Gasteiger partial charge in [-0.25, -0.2) is 4.79 Å². The minimum atomic E-state index is -0.948. The van der Waals surface area contributed by atoms with Crippen LogP contribution in [0.4, 0.5) is 0 Å². The van der Waals surface area contributed by atoms with Crippen LogP contribution in [0.1, 0.15) is 29.9 Å². The summed E-state index contributed by atoms with van der Waals surface area (Å²) in [7, 11) is 1.73. The highest BCUT2D eigenvalue weighted by Crippen LogP contribution is 2.06. The van der Waals surface area contributed by atoms with E-state index in [4.69, 9.17) is 9.84 Å². The van der Waals surface area contributed by atoms with Gasteiger partial charge in [-0.2, -0.15) is 5.10 Å². The molecule has 18 heavy (non-hydrogen) atoms. The average Bonchev–Trinajstić information content (AvgIpc) is 2.65. The Morgan fingerprint density at radius 3 is 2.94 bits per heavy atom. The number of aromatic nitrogens is 2. The monoisotopic (exact) mass is 255 g/mol. The topological polar surface area (TPSA) is 76.4 Å². The molecule has 0 saturated heterocycles. The van der Waals surface area contributed by atoms with E-state index in [9.17, 15) is 4.79 Å². The number of hydrogen-bond acceptors (Lipinski definition) is 4. The largest absolute Gasteiger partial charge is 0.478 e. The highest BCUT2D eigenvalue weighted by Gasteiger charge is 2.13. The fraction of sp³-hybridized carbons (Fsp3) is 0.667. The van der Waals surface area contributed by atoms with E-state index >= 15 is 0 Å². The number of carbonyl (C=O) groups is 1. The summed E-state index contributed by atoms with van der Waals surface area (Å²) >= 11 is 0. The summed E-state index contributed by atoms with van der Waals surface area (Å²) in [5.41, 5.74) is 0.916. The lowest BCUT2D eigenvalue weighted by atomic mass is 10.2. The lowest BCUT2D eigenvalue weighted by Crippen LogP contribution is -2.22. The molecular weight excluding hydrogens is 234 g/mol. The first-order chi connectivity index (χ1) is 8.52. The number of hydrogen-bond donors (Lipinski definition) is 2. The van der Waals surface area contributed by atoms with E-state index in [1.165, 1.54) is 6.20 Å². The summed E-state index contributed by atoms with van der Waals surface area (Å²) in [4.78, 5) is 10.9. The summed E-state index contributed by atoms with van der Waals surface area (Å²) in [5, 5.41) is 16.1. The maximum Gasteiger partial charge on any atom is 0.339 e. The van der Waals surface area contributed by atoms with Crippen LogP contribution >= 0.6 is 0 Å². The molecule has 2 N–H and O–H groups in total. The Bertz CT molecular complexity index is 388. The normalized spacial score (nSPS) is 11.1. The zero-order valence-corrected chi connectivity index (χ0v) is 11.1. The van der Waals surface area contributed by atoms with E-state index in [0.717, 1.165) is 6.61 Å². The molecule has 1 aromatic rings. The molecule has 0 spiro atoms. The summed E-state index contributed by atoms with van der Waals surface area (Å²) < 4.78 is 7.00. The van der Waals surface area contributed by atoms with Crippen LogP contribution < -0.4 is 5.32 Å². The van der Waals surface area contributed by atoms with Gasteiger partial charge in [0.05, 0.1) is 18.5 Å². The third kappa shape index (κ3) is 4.46. The van der Waals surface area contributed by atoms with Crippen LogP contribution in [0, 0.1) is 5.92 Å². The van der Waals surface area contributed by atoms with Gasteiger partial charge in [0.25, 0.3) is 0 Å². The Morgan fingerprint density at radius 1 is 1.61 bits per heavy atom. The number of nitrogens with zero attached hydrogens (tertiary/aromatic N) is 2. The van der Waals surface area contributed by atoms with Gasteiger partial charge >= 0.3 is 5.97 Å². The second kappa shape index (κ2) is 7.13. The van der Waals surface area contributed by atoms with E-state index in [-0.39, 0.29) is 5.56 Å². The number of aryl methyl sites for hydroxylation is 1. The standard InChI is InChI=1S/C12H21N3O3/c1-9(2)8-18-5-4-13-7-11-10(12(16)17)6-14-15(11)3/h6,9,13H,4-5,7-8H2,1-3H3,(H,16,17). The van der Waals surface area contributed by atoms with E-state index in [2.05, 4.69) is 24.3 Å². The van der Waals surface area contributed by atoms with E-state index in [1.807, 2.05) is 0 Å². The number of aromatic carboxylic acids is 1. The lowest BCUT2D eigenvalue weighted by molar-refractivity contribution is 0.0695. The molecule has 6 nitrogen and oxygen atoms in total. The Kier molecular flexibility index (Phi) is 5.80. The van der Waals surface area contributed by atoms with Crippen molar-refractivity contribution in [2.24, 2.45) is 13.0 Å². The van der Waals surface area contributed by atoms with Gasteiger partial charge in [0.1, 0.15) is 5.56 Å². The van der Waals surface area contributed by atoms with Crippen molar-refractivity contribution in [1.82, 2.24) is 15.1 Å². The van der Waals surface area contributed by atoms with Crippen LogP contribution in [-0.4, -0.2) is 40.6 Å². The fourth-order valence-corrected chi connectivity index (χ4v) is 1.52. The molecule has 1 heterocycles. The predicted molar refractivity (Wildman–Crippen MR) is 67.5 cm³/mol. The molecule has 102 valence electrons. The van der Waals surface area contributed by atoms with Gasteiger partial charge in [-0.3, -0.25) is 4.68 Å². The molecule has 0 aliphatic rings. The first-order valence-electron chi connectivity index (χ1n) is 6.05. The van der Waals surface area contributed by atoms with Gasteiger partial charge in [-0.05, 0) is 5.92 Å². The number of carboxylic acids is 1. The highest BCUT2D eigenvalue weighted by atomic mass is 16.5. The van der Waals surface area contributed by atoms with Crippen molar-refractivity contribution < 1.29 is 14.6 Å². The molecule has 6 heteroatoms. The molecule has 0 aliphatic carbocycles. The summed E-state index contributed by atoms with van der Waals surface area (Å²) in [6.07, 6.45) is 1.37. The van der Waals surface area contributed by atoms with Crippen molar-refractivity contribution in [3.63, 3.8) is 0 Å². The van der Waals surface area contributed by atoms with Crippen LogP contribution in [0.3, 0.4) is 0 Å². The van der Waals surface area contributed by atoms with Gasteiger partial charge < -0.3 is 15.2 Å². The maximum absolute atomic E-state index is 10.9. The second-order valence-corrected chi connectivity index (χ2v) is 4.58. The minimum absolute atomic E-state index is 0.244. The smallest absolute Gasteiger partial charge is 0.339 e. The Balaban J connectivity index is 2.31. The molecule has 0 aromatic carbocycles. The molecule has 0 amide bonds. The Labute approximate surface area is 107 Å². The van der Waals surface area contributed by atoms with Gasteiger partial charge in [-0.15, -0.1) is 0 Å². The fourth-order valence-electron chi connectivity index (χ4n) is 1.52. The molecule has 0 atom stereocenters. The SMILES string of the molecule is CC(C)COCCNCc1c(C(=O)O)cnn1C. The van der Waals surface area contributed by atoms with E-state index in [1.54, 1.807) is 11.7 Å². The molecule has 0 bridgehead atoms. The average molecular weight is 255 g/mol. The molecule has 0 unspecified atom stereocenters. The quantitative estimate of drug-likeness (QED) is 0.674. The Morgan fingerprint density at radius 2 is 2.33 bits per heavy atom. The van der Waals surface area contributed by atoms with Crippen molar-refractivity contribution in [3.05, 3.63) is 17.5 Å². The molecule has 1 rings (SSSR count). The van der Waals surface area contributed by atoms with Crippen LogP contribution in [0.25, 0.3) is 0 Å². The van der Waals surface area contributed by atoms with Crippen molar-refractivity contribution in [2.75, 3.05) is 19.8 Å². The summed E-state index contributed by atoms with van der Waals surface area (Å²) in [6, 6.07) is 0. The molecule has 0 saturated carbocycles. The van der Waals surface area contributed by atoms with Crippen molar-refractivity contribution in [1.29, 1.82) is 0 Å². The molecular formula is C12H21N3O3. The molecule has 0 aliphatic heterocycles. The predicted octanol–water partition coefficient (Wildman–Crippen LogP) is 0.880. The third-order valence-corrected chi connectivity index (χ3v) is 2.46. The van der Waals surface area contributed by atoms with E-state index in [0.29, 0.717) is 31.3 Å². The Hall–Kier alpha value is -1.40. The van der Waals surface area contributed by atoms with Crippen molar-refractivity contribution >= 4 is 5.97 Å². The number of ether oxygens (including phenoxy) is 1. The molecule has 1 aromatic heterocycles. The van der Waals surface area contributed by atoms with Crippen molar-refractivity contribution in [2.45, 2.75) is 20.4 Å². The molecule has 0 fully saturated rings. The summed E-state index contributed by atoms with van der Waals surface area (Å²) in [6.45, 7) is 6.73. The van der Waals surface area contributed by atoms with E-state index < -0.39 is 5.97 Å². The zero-order valence-electron chi connectivity index (χ0n) is 11.1. The van der Waals surface area contributed by atoms with Gasteiger partial charge in [-0.1, -0.05) is 13.8 Å². The highest BCUT2D eigenvalue weighted by molar-refractivity contribution is 5.88. The number of carboxylic acid groups (broad SMARTS) is 1. The first kappa shape index (κ1) is 14.7. The van der Waals surface area contributed by atoms with Gasteiger partial charge in [0, 0.05) is 26.7 Å². The van der Waals surface area contributed by atoms with Crippen LogP contribution in [-0.2, 0) is 18.3 Å². The van der Waals surface area contributed by atoms with Crippen molar-refractivity contribution in [3.8, 4) is 0 Å². The van der Waals surface area contributed by atoms with Crippen LogP contribution in [0.5, 0.6) is 0 Å². The minimum Gasteiger partial charge on any atom is -0.478 e. The van der Waals surface area contributed by atoms with Crippen LogP contribution in [0.15, 0.2) is 6.20 Å². The lowest BCUT2D eigenvalue weighted by Gasteiger charge is -2.08. The second-order valence-electron chi connectivity index (χ2n) is 4.58. The zero-order chi connectivity index (χ0) is 13.5.